The summed E-state index contributed by atoms with van der Waals surface area (Å²) in [5.74, 6) is 1.72. The number of aromatic nitrogens is 4. The van der Waals surface area contributed by atoms with Crippen molar-refractivity contribution in [1.82, 2.24) is 25.1 Å². The van der Waals surface area contributed by atoms with E-state index in [0.717, 1.165) is 25.3 Å². The van der Waals surface area contributed by atoms with Crippen molar-refractivity contribution in [2.24, 2.45) is 5.92 Å². The van der Waals surface area contributed by atoms with Gasteiger partial charge in [0.1, 0.15) is 0 Å². The molecule has 0 aromatic carbocycles. The van der Waals surface area contributed by atoms with Gasteiger partial charge in [0.05, 0.1) is 6.54 Å². The number of hydrogen-bond acceptors (Lipinski definition) is 4. The zero-order chi connectivity index (χ0) is 12.1. The summed E-state index contributed by atoms with van der Waals surface area (Å²) >= 11 is 0. The maximum Gasteiger partial charge on any atom is 0.165 e. The molecule has 2 heterocycles. The van der Waals surface area contributed by atoms with Crippen LogP contribution in [0.1, 0.15) is 45.4 Å². The van der Waals surface area contributed by atoms with E-state index in [1.165, 1.54) is 32.4 Å². The van der Waals surface area contributed by atoms with Crippen LogP contribution in [-0.2, 0) is 13.1 Å². The molecule has 6 heteroatoms. The average molecular weight is 274 g/mol. The lowest BCUT2D eigenvalue weighted by atomic mass is 10.1. The Morgan fingerprint density at radius 3 is 2.56 bits per heavy atom. The van der Waals surface area contributed by atoms with Crippen LogP contribution in [0.3, 0.4) is 0 Å². The van der Waals surface area contributed by atoms with Gasteiger partial charge in [-0.1, -0.05) is 20.3 Å². The summed E-state index contributed by atoms with van der Waals surface area (Å²) < 4.78 is 1.97. The monoisotopic (exact) mass is 273 g/mol. The Labute approximate surface area is 115 Å². The van der Waals surface area contributed by atoms with Crippen LogP contribution >= 0.6 is 12.4 Å². The molecule has 0 spiro atoms. The molecule has 0 radical (unpaired) electrons. The summed E-state index contributed by atoms with van der Waals surface area (Å²) in [5.41, 5.74) is 0. The Morgan fingerprint density at radius 2 is 1.89 bits per heavy atom. The summed E-state index contributed by atoms with van der Waals surface area (Å²) in [6.45, 7) is 8.69. The van der Waals surface area contributed by atoms with Crippen molar-refractivity contribution in [1.29, 1.82) is 0 Å². The fraction of sp³-hybridized carbons (Fsp3) is 0.917. The number of hydrogen-bond donors (Lipinski definition) is 0. The van der Waals surface area contributed by atoms with Gasteiger partial charge in [-0.05, 0) is 48.7 Å². The van der Waals surface area contributed by atoms with Gasteiger partial charge >= 0.3 is 0 Å². The van der Waals surface area contributed by atoms with Gasteiger partial charge in [0.2, 0.25) is 0 Å². The number of piperidine rings is 1. The Kier molecular flexibility index (Phi) is 6.57. The minimum Gasteiger partial charge on any atom is -0.296 e. The molecule has 0 aliphatic carbocycles. The minimum atomic E-state index is 0. The molecule has 18 heavy (non-hydrogen) atoms. The molecular formula is C12H24ClN5. The molecule has 1 fully saturated rings. The third-order valence-electron chi connectivity index (χ3n) is 3.34. The molecule has 104 valence electrons. The summed E-state index contributed by atoms with van der Waals surface area (Å²) in [6.07, 6.45) is 5.13. The molecule has 1 aromatic heterocycles. The molecule has 5 nitrogen and oxygen atoms in total. The van der Waals surface area contributed by atoms with Crippen LogP contribution in [-0.4, -0.2) is 38.2 Å². The summed E-state index contributed by atoms with van der Waals surface area (Å²) in [7, 11) is 0. The van der Waals surface area contributed by atoms with Crippen molar-refractivity contribution >= 4 is 12.4 Å². The summed E-state index contributed by atoms with van der Waals surface area (Å²) in [6, 6.07) is 0. The van der Waals surface area contributed by atoms with Gasteiger partial charge in [0.15, 0.2) is 5.82 Å². The number of aryl methyl sites for hydroxylation is 1. The molecule has 0 N–H and O–H groups in total. The second-order valence-electron chi connectivity index (χ2n) is 5.34. The first-order valence-electron chi connectivity index (χ1n) is 6.73. The third-order valence-corrected chi connectivity index (χ3v) is 3.34. The Hall–Kier alpha value is -0.680. The highest BCUT2D eigenvalue weighted by molar-refractivity contribution is 5.85. The van der Waals surface area contributed by atoms with Gasteiger partial charge in [0, 0.05) is 6.54 Å². The zero-order valence-corrected chi connectivity index (χ0v) is 12.2. The first-order chi connectivity index (χ1) is 8.25. The van der Waals surface area contributed by atoms with E-state index >= 15 is 0 Å². The molecular weight excluding hydrogens is 250 g/mol. The molecule has 2 rings (SSSR count). The summed E-state index contributed by atoms with van der Waals surface area (Å²) in [4.78, 5) is 2.46. The first kappa shape index (κ1) is 15.4. The van der Waals surface area contributed by atoms with Crippen molar-refractivity contribution in [3.63, 3.8) is 0 Å². The topological polar surface area (TPSA) is 46.8 Å². The van der Waals surface area contributed by atoms with Gasteiger partial charge in [0.25, 0.3) is 0 Å². The standard InChI is InChI=1S/C12H23N5.ClH/c1-11(2)6-9-17-12(13-14-15-17)10-16-7-4-3-5-8-16;/h11H,3-10H2,1-2H3;1H. The lowest BCUT2D eigenvalue weighted by molar-refractivity contribution is 0.211. The Balaban J connectivity index is 0.00000162. The van der Waals surface area contributed by atoms with Crippen molar-refractivity contribution in [3.8, 4) is 0 Å². The Morgan fingerprint density at radius 1 is 1.17 bits per heavy atom. The minimum absolute atomic E-state index is 0. The van der Waals surface area contributed by atoms with E-state index in [2.05, 4.69) is 34.3 Å². The van der Waals surface area contributed by atoms with E-state index < -0.39 is 0 Å². The quantitative estimate of drug-likeness (QED) is 0.825. The van der Waals surface area contributed by atoms with E-state index in [0.29, 0.717) is 5.92 Å². The molecule has 0 bridgehead atoms. The van der Waals surface area contributed by atoms with E-state index in [4.69, 9.17) is 0 Å². The smallest absolute Gasteiger partial charge is 0.165 e. The van der Waals surface area contributed by atoms with Crippen LogP contribution in [0.4, 0.5) is 0 Å². The van der Waals surface area contributed by atoms with Crippen LogP contribution in [0, 0.1) is 5.92 Å². The molecule has 0 atom stereocenters. The lowest BCUT2D eigenvalue weighted by Crippen LogP contribution is -2.30. The Bertz CT molecular complexity index is 333. The van der Waals surface area contributed by atoms with Gasteiger partial charge in [-0.15, -0.1) is 17.5 Å². The molecule has 1 aromatic rings. The molecule has 1 saturated heterocycles. The van der Waals surface area contributed by atoms with Crippen molar-refractivity contribution in [3.05, 3.63) is 5.82 Å². The number of rotatable bonds is 5. The van der Waals surface area contributed by atoms with E-state index in [-0.39, 0.29) is 12.4 Å². The van der Waals surface area contributed by atoms with Crippen molar-refractivity contribution in [2.45, 2.75) is 52.6 Å². The SMILES string of the molecule is CC(C)CCn1nnnc1CN1CCCCC1.Cl. The summed E-state index contributed by atoms with van der Waals surface area (Å²) in [5, 5.41) is 12.0. The highest BCUT2D eigenvalue weighted by Crippen LogP contribution is 2.11. The first-order valence-corrected chi connectivity index (χ1v) is 6.73. The van der Waals surface area contributed by atoms with Gasteiger partial charge < -0.3 is 0 Å². The predicted octanol–water partition coefficient (Wildman–Crippen LogP) is 2.13. The van der Waals surface area contributed by atoms with Gasteiger partial charge in [-0.3, -0.25) is 4.90 Å². The van der Waals surface area contributed by atoms with Crippen LogP contribution in [0.5, 0.6) is 0 Å². The maximum absolute atomic E-state index is 4.15. The molecule has 0 amide bonds. The van der Waals surface area contributed by atoms with Crippen LogP contribution in [0.25, 0.3) is 0 Å². The normalized spacial score (nSPS) is 16.8. The molecule has 0 saturated carbocycles. The van der Waals surface area contributed by atoms with Crippen molar-refractivity contribution < 1.29 is 0 Å². The number of tetrazole rings is 1. The highest BCUT2D eigenvalue weighted by atomic mass is 35.5. The van der Waals surface area contributed by atoms with Gasteiger partial charge in [-0.25, -0.2) is 4.68 Å². The number of likely N-dealkylation sites (tertiary alicyclic amines) is 1. The molecule has 0 unspecified atom stereocenters. The fourth-order valence-electron chi connectivity index (χ4n) is 2.21. The maximum atomic E-state index is 4.15. The van der Waals surface area contributed by atoms with E-state index in [1.54, 1.807) is 0 Å². The van der Waals surface area contributed by atoms with Gasteiger partial charge in [-0.2, -0.15) is 0 Å². The second kappa shape index (κ2) is 7.69. The van der Waals surface area contributed by atoms with E-state index in [1.807, 2.05) is 4.68 Å². The molecule has 1 aliphatic heterocycles. The lowest BCUT2D eigenvalue weighted by Gasteiger charge is -2.25. The van der Waals surface area contributed by atoms with Crippen LogP contribution in [0.2, 0.25) is 0 Å². The average Bonchev–Trinajstić information content (AvgIpc) is 2.75. The predicted molar refractivity (Wildman–Crippen MR) is 73.6 cm³/mol. The third kappa shape index (κ3) is 4.53. The highest BCUT2D eigenvalue weighted by Gasteiger charge is 2.14. The zero-order valence-electron chi connectivity index (χ0n) is 11.4. The van der Waals surface area contributed by atoms with Crippen molar-refractivity contribution in [2.75, 3.05) is 13.1 Å². The number of halogens is 1. The molecule has 1 aliphatic rings. The van der Waals surface area contributed by atoms with E-state index in [9.17, 15) is 0 Å². The van der Waals surface area contributed by atoms with Crippen LogP contribution in [0.15, 0.2) is 0 Å². The van der Waals surface area contributed by atoms with Crippen LogP contribution < -0.4 is 0 Å². The largest absolute Gasteiger partial charge is 0.296 e. The number of nitrogens with zero attached hydrogens (tertiary/aromatic N) is 5. The fourth-order valence-corrected chi connectivity index (χ4v) is 2.21. The second-order valence-corrected chi connectivity index (χ2v) is 5.34.